The number of nitrogens with zero attached hydrogens (tertiary/aromatic N) is 1. The number of nitrogen functional groups attached to an aromatic ring is 1. The van der Waals surface area contributed by atoms with E-state index >= 15 is 0 Å². The molecule has 2 rings (SSSR count). The van der Waals surface area contributed by atoms with E-state index in [9.17, 15) is 13.2 Å². The first-order valence-electron chi connectivity index (χ1n) is 5.58. The highest BCUT2D eigenvalue weighted by Gasteiger charge is 2.15. The van der Waals surface area contributed by atoms with Crippen molar-refractivity contribution in [3.63, 3.8) is 0 Å². The molecular formula is C13H12F3N3. The summed E-state index contributed by atoms with van der Waals surface area (Å²) in [6.07, 6.45) is 1.83. The molecule has 0 radical (unpaired) electrons. The predicted molar refractivity (Wildman–Crippen MR) is 65.6 cm³/mol. The zero-order valence-corrected chi connectivity index (χ0v) is 9.91. The maximum absolute atomic E-state index is 13.1. The van der Waals surface area contributed by atoms with Gasteiger partial charge in [-0.25, -0.2) is 18.2 Å². The Bertz CT molecular complexity index is 578. The molecule has 0 spiro atoms. The predicted octanol–water partition coefficient (Wildman–Crippen LogP) is 2.32. The van der Waals surface area contributed by atoms with Crippen LogP contribution in [0.3, 0.4) is 0 Å². The Balaban J connectivity index is 2.23. The number of nitrogens with two attached hydrogens (primary N) is 2. The average molecular weight is 267 g/mol. The van der Waals surface area contributed by atoms with Crippen LogP contribution in [0.15, 0.2) is 30.5 Å². The van der Waals surface area contributed by atoms with Gasteiger partial charge in [-0.05, 0) is 41.8 Å². The molecule has 1 aromatic heterocycles. The summed E-state index contributed by atoms with van der Waals surface area (Å²) < 4.78 is 39.0. The van der Waals surface area contributed by atoms with E-state index in [0.29, 0.717) is 12.2 Å². The lowest BCUT2D eigenvalue weighted by Gasteiger charge is -2.13. The summed E-state index contributed by atoms with van der Waals surface area (Å²) >= 11 is 0. The first kappa shape index (κ1) is 13.4. The number of halogens is 3. The van der Waals surface area contributed by atoms with Gasteiger partial charge in [0.25, 0.3) is 0 Å². The lowest BCUT2D eigenvalue weighted by Crippen LogP contribution is -2.14. The summed E-state index contributed by atoms with van der Waals surface area (Å²) in [7, 11) is 0. The first-order chi connectivity index (χ1) is 8.97. The lowest BCUT2D eigenvalue weighted by molar-refractivity contribution is 0.443. The van der Waals surface area contributed by atoms with Crippen LogP contribution in [-0.4, -0.2) is 4.98 Å². The van der Waals surface area contributed by atoms with Gasteiger partial charge in [0.2, 0.25) is 0 Å². The second kappa shape index (κ2) is 5.27. The fourth-order valence-electron chi connectivity index (χ4n) is 1.78. The molecule has 0 aliphatic heterocycles. The highest BCUT2D eigenvalue weighted by molar-refractivity contribution is 5.33. The van der Waals surface area contributed by atoms with Crippen LogP contribution in [0.4, 0.5) is 19.0 Å². The molecule has 19 heavy (non-hydrogen) atoms. The average Bonchev–Trinajstić information content (AvgIpc) is 2.35. The van der Waals surface area contributed by atoms with E-state index in [1.165, 1.54) is 6.20 Å². The zero-order chi connectivity index (χ0) is 14.0. The van der Waals surface area contributed by atoms with Gasteiger partial charge in [0.1, 0.15) is 5.82 Å². The maximum Gasteiger partial charge on any atom is 0.194 e. The molecule has 4 N–H and O–H groups in total. The van der Waals surface area contributed by atoms with E-state index < -0.39 is 23.5 Å². The summed E-state index contributed by atoms with van der Waals surface area (Å²) in [6.45, 7) is 0. The Labute approximate surface area is 108 Å². The highest BCUT2D eigenvalue weighted by atomic mass is 19.2. The Morgan fingerprint density at radius 3 is 2.32 bits per heavy atom. The van der Waals surface area contributed by atoms with Gasteiger partial charge in [0.15, 0.2) is 17.5 Å². The van der Waals surface area contributed by atoms with E-state index in [0.717, 1.165) is 17.7 Å². The smallest absolute Gasteiger partial charge is 0.194 e. The maximum atomic E-state index is 13.1. The van der Waals surface area contributed by atoms with Crippen LogP contribution in [0, 0.1) is 17.5 Å². The van der Waals surface area contributed by atoms with Crippen LogP contribution in [0.25, 0.3) is 0 Å². The van der Waals surface area contributed by atoms with Crippen LogP contribution in [0.1, 0.15) is 17.2 Å². The van der Waals surface area contributed by atoms with E-state index in [-0.39, 0.29) is 5.56 Å². The van der Waals surface area contributed by atoms with Crippen molar-refractivity contribution in [2.75, 3.05) is 5.73 Å². The van der Waals surface area contributed by atoms with E-state index in [1.807, 2.05) is 0 Å². The fourth-order valence-corrected chi connectivity index (χ4v) is 1.78. The lowest BCUT2D eigenvalue weighted by atomic mass is 10.00. The van der Waals surface area contributed by atoms with Gasteiger partial charge in [-0.3, -0.25) is 0 Å². The number of pyridine rings is 1. The van der Waals surface area contributed by atoms with Crippen LogP contribution >= 0.6 is 0 Å². The highest BCUT2D eigenvalue weighted by Crippen LogP contribution is 2.21. The minimum absolute atomic E-state index is 0.187. The number of aromatic nitrogens is 1. The topological polar surface area (TPSA) is 64.9 Å². The van der Waals surface area contributed by atoms with Gasteiger partial charge in [-0.1, -0.05) is 0 Å². The number of hydrogen-bond acceptors (Lipinski definition) is 3. The second-order valence-electron chi connectivity index (χ2n) is 4.20. The van der Waals surface area contributed by atoms with Crippen molar-refractivity contribution in [2.24, 2.45) is 5.73 Å². The summed E-state index contributed by atoms with van der Waals surface area (Å²) in [5.41, 5.74) is 12.3. The van der Waals surface area contributed by atoms with Crippen LogP contribution in [0.2, 0.25) is 0 Å². The third kappa shape index (κ3) is 3.03. The third-order valence-corrected chi connectivity index (χ3v) is 2.74. The molecule has 3 nitrogen and oxygen atoms in total. The number of hydrogen-bond donors (Lipinski definition) is 2. The Morgan fingerprint density at radius 1 is 1.11 bits per heavy atom. The van der Waals surface area contributed by atoms with Crippen molar-refractivity contribution in [3.8, 4) is 0 Å². The van der Waals surface area contributed by atoms with Gasteiger partial charge in [0, 0.05) is 12.2 Å². The molecule has 0 fully saturated rings. The largest absolute Gasteiger partial charge is 0.384 e. The van der Waals surface area contributed by atoms with Gasteiger partial charge < -0.3 is 11.5 Å². The molecule has 0 aliphatic rings. The summed E-state index contributed by atoms with van der Waals surface area (Å²) in [5.74, 6) is -3.66. The summed E-state index contributed by atoms with van der Waals surface area (Å²) in [5, 5.41) is 0. The summed E-state index contributed by atoms with van der Waals surface area (Å²) in [6, 6.07) is 4.45. The van der Waals surface area contributed by atoms with Crippen molar-refractivity contribution in [1.82, 2.24) is 4.98 Å². The SMILES string of the molecule is Nc1cc(CC(N)c2cc(F)c(F)c(F)c2)ccn1. The van der Waals surface area contributed by atoms with Crippen molar-refractivity contribution in [1.29, 1.82) is 0 Å². The minimum Gasteiger partial charge on any atom is -0.384 e. The molecule has 0 saturated heterocycles. The second-order valence-corrected chi connectivity index (χ2v) is 4.20. The quantitative estimate of drug-likeness (QED) is 0.839. The van der Waals surface area contributed by atoms with Gasteiger partial charge >= 0.3 is 0 Å². The third-order valence-electron chi connectivity index (χ3n) is 2.74. The fraction of sp³-hybridized carbons (Fsp3) is 0.154. The summed E-state index contributed by atoms with van der Waals surface area (Å²) in [4.78, 5) is 3.83. The molecule has 1 atom stereocenters. The van der Waals surface area contributed by atoms with Crippen LogP contribution in [-0.2, 0) is 6.42 Å². The van der Waals surface area contributed by atoms with Crippen molar-refractivity contribution in [2.45, 2.75) is 12.5 Å². The van der Waals surface area contributed by atoms with E-state index in [2.05, 4.69) is 4.98 Å². The Hall–Kier alpha value is -2.08. The first-order valence-corrected chi connectivity index (χ1v) is 5.58. The van der Waals surface area contributed by atoms with Crippen molar-refractivity contribution < 1.29 is 13.2 Å². The molecule has 0 aliphatic carbocycles. The van der Waals surface area contributed by atoms with E-state index in [1.54, 1.807) is 12.1 Å². The van der Waals surface area contributed by atoms with Crippen LogP contribution < -0.4 is 11.5 Å². The van der Waals surface area contributed by atoms with Crippen molar-refractivity contribution in [3.05, 3.63) is 59.0 Å². The van der Waals surface area contributed by atoms with Gasteiger partial charge in [-0.2, -0.15) is 0 Å². The zero-order valence-electron chi connectivity index (χ0n) is 9.91. The molecule has 1 heterocycles. The Morgan fingerprint density at radius 2 is 1.74 bits per heavy atom. The van der Waals surface area contributed by atoms with Gasteiger partial charge in [-0.15, -0.1) is 0 Å². The number of anilines is 1. The molecule has 0 bridgehead atoms. The molecule has 2 aromatic rings. The van der Waals surface area contributed by atoms with Gasteiger partial charge in [0.05, 0.1) is 0 Å². The number of benzene rings is 1. The Kier molecular flexibility index (Phi) is 3.71. The molecular weight excluding hydrogens is 255 g/mol. The molecule has 0 amide bonds. The van der Waals surface area contributed by atoms with E-state index in [4.69, 9.17) is 11.5 Å². The minimum atomic E-state index is -1.50. The molecule has 6 heteroatoms. The van der Waals surface area contributed by atoms with Crippen LogP contribution in [0.5, 0.6) is 0 Å². The molecule has 100 valence electrons. The normalized spacial score (nSPS) is 12.4. The standard InChI is InChI=1S/C13H12F3N3/c14-9-5-8(6-10(15)13(9)16)11(17)3-7-1-2-19-12(18)4-7/h1-2,4-6,11H,3,17H2,(H2,18,19). The molecule has 1 unspecified atom stereocenters. The molecule has 0 saturated carbocycles. The van der Waals surface area contributed by atoms with Crippen molar-refractivity contribution >= 4 is 5.82 Å². The molecule has 1 aromatic carbocycles. The number of rotatable bonds is 3. The monoisotopic (exact) mass is 267 g/mol.